The first-order chi connectivity index (χ1) is 12.5. The summed E-state index contributed by atoms with van der Waals surface area (Å²) in [5.41, 5.74) is -0.0316. The lowest BCUT2D eigenvalue weighted by atomic mass is 10.2. The quantitative estimate of drug-likeness (QED) is 0.503. The highest BCUT2D eigenvalue weighted by molar-refractivity contribution is 7.19. The molecule has 0 spiro atoms. The monoisotopic (exact) mass is 385 g/mol. The van der Waals surface area contributed by atoms with Crippen LogP contribution in [0.3, 0.4) is 0 Å². The van der Waals surface area contributed by atoms with Gasteiger partial charge in [0.1, 0.15) is 5.52 Å². The number of benzene rings is 1. The van der Waals surface area contributed by atoms with Crippen LogP contribution in [0.1, 0.15) is 11.8 Å². The molecule has 0 saturated heterocycles. The predicted octanol–water partition coefficient (Wildman–Crippen LogP) is 3.63. The molecule has 4 aromatic rings. The molecular formula is C18H12ClN3O3S. The number of ether oxygens (including phenoxy) is 1. The van der Waals surface area contributed by atoms with Crippen LogP contribution in [0.5, 0.6) is 5.88 Å². The number of carbonyl (C=O) groups is 1. The van der Waals surface area contributed by atoms with Gasteiger partial charge < -0.3 is 4.74 Å². The van der Waals surface area contributed by atoms with Crippen LogP contribution < -0.4 is 10.3 Å². The van der Waals surface area contributed by atoms with E-state index in [9.17, 15) is 9.59 Å². The van der Waals surface area contributed by atoms with Gasteiger partial charge in [0, 0.05) is 33.1 Å². The number of nitrogens with zero attached hydrogens (tertiary/aromatic N) is 3. The fraction of sp³-hybridized carbons (Fsp3) is 0.111. The third-order valence-corrected chi connectivity index (χ3v) is 5.21. The molecule has 130 valence electrons. The van der Waals surface area contributed by atoms with Gasteiger partial charge in [0.25, 0.3) is 11.4 Å². The van der Waals surface area contributed by atoms with Gasteiger partial charge in [-0.15, -0.1) is 16.4 Å². The fourth-order valence-electron chi connectivity index (χ4n) is 2.71. The maximum absolute atomic E-state index is 12.8. The molecule has 0 N–H and O–H groups in total. The number of thiophene rings is 1. The van der Waals surface area contributed by atoms with Gasteiger partial charge in [-0.1, -0.05) is 17.7 Å². The summed E-state index contributed by atoms with van der Waals surface area (Å²) in [6.07, 6.45) is 1.52. The molecule has 6 nitrogen and oxygen atoms in total. The van der Waals surface area contributed by atoms with Gasteiger partial charge in [-0.25, -0.2) is 4.68 Å². The number of hydrogen-bond donors (Lipinski definition) is 0. The van der Waals surface area contributed by atoms with Crippen molar-refractivity contribution >= 4 is 49.9 Å². The molecule has 0 unspecified atom stereocenters. The Hall–Kier alpha value is -2.77. The Morgan fingerprint density at radius 1 is 1.27 bits per heavy atom. The second-order valence-corrected chi connectivity index (χ2v) is 7.20. The molecule has 0 aliphatic heterocycles. The maximum atomic E-state index is 12.8. The first kappa shape index (κ1) is 16.7. The summed E-state index contributed by atoms with van der Waals surface area (Å²) in [7, 11) is 0. The summed E-state index contributed by atoms with van der Waals surface area (Å²) in [6, 6.07) is 10.9. The summed E-state index contributed by atoms with van der Waals surface area (Å²) >= 11 is 7.75. The van der Waals surface area contributed by atoms with Crippen LogP contribution in [0.2, 0.25) is 5.02 Å². The molecule has 1 aromatic carbocycles. The van der Waals surface area contributed by atoms with Gasteiger partial charge in [-0.2, -0.15) is 0 Å². The van der Waals surface area contributed by atoms with Gasteiger partial charge in [0.05, 0.1) is 11.9 Å². The Balaban J connectivity index is 1.85. The molecule has 0 bridgehead atoms. The van der Waals surface area contributed by atoms with Crippen LogP contribution in [-0.4, -0.2) is 20.7 Å². The Labute approximate surface area is 156 Å². The van der Waals surface area contributed by atoms with Gasteiger partial charge in [0.2, 0.25) is 0 Å². The predicted molar refractivity (Wildman–Crippen MR) is 101 cm³/mol. The Kier molecular flexibility index (Phi) is 4.18. The van der Waals surface area contributed by atoms with Crippen molar-refractivity contribution in [3.05, 3.63) is 62.8 Å². The van der Waals surface area contributed by atoms with Crippen LogP contribution in [0.4, 0.5) is 0 Å². The van der Waals surface area contributed by atoms with Gasteiger partial charge >= 0.3 is 5.97 Å². The van der Waals surface area contributed by atoms with E-state index in [1.807, 2.05) is 24.3 Å². The van der Waals surface area contributed by atoms with E-state index < -0.39 is 5.97 Å². The molecule has 8 heteroatoms. The van der Waals surface area contributed by atoms with Crippen molar-refractivity contribution in [3.63, 3.8) is 0 Å². The molecule has 0 fully saturated rings. The average molecular weight is 386 g/mol. The lowest BCUT2D eigenvalue weighted by Crippen LogP contribution is -2.25. The number of pyridine rings is 1. The number of esters is 1. The number of hydrogen-bond acceptors (Lipinski definition) is 6. The highest BCUT2D eigenvalue weighted by Gasteiger charge is 2.15. The minimum absolute atomic E-state index is 0.0202. The lowest BCUT2D eigenvalue weighted by molar-refractivity contribution is -0.132. The van der Waals surface area contributed by atoms with Crippen molar-refractivity contribution in [2.75, 3.05) is 0 Å². The molecule has 3 heterocycles. The normalized spacial score (nSPS) is 11.2. The molecule has 3 aromatic heterocycles. The number of carbonyl (C=O) groups excluding carboxylic acids is 1. The molecule has 4 rings (SSSR count). The molecule has 0 atom stereocenters. The van der Waals surface area contributed by atoms with Gasteiger partial charge in [-0.05, 0) is 30.3 Å². The molecular weight excluding hydrogens is 374 g/mol. The summed E-state index contributed by atoms with van der Waals surface area (Å²) in [5, 5.41) is 6.14. The van der Waals surface area contributed by atoms with E-state index in [4.69, 9.17) is 16.3 Å². The second kappa shape index (κ2) is 6.51. The topological polar surface area (TPSA) is 74.1 Å². The number of fused-ring (bicyclic) bond motifs is 2. The van der Waals surface area contributed by atoms with Gasteiger partial charge in [0.15, 0.2) is 0 Å². The number of halogens is 1. The second-order valence-electron chi connectivity index (χ2n) is 5.63. The van der Waals surface area contributed by atoms with Crippen molar-refractivity contribution in [1.29, 1.82) is 0 Å². The molecule has 0 aliphatic carbocycles. The molecule has 26 heavy (non-hydrogen) atoms. The van der Waals surface area contributed by atoms with E-state index in [0.717, 1.165) is 15.0 Å². The molecule has 0 amide bonds. The van der Waals surface area contributed by atoms with Crippen LogP contribution in [0.15, 0.2) is 47.4 Å². The van der Waals surface area contributed by atoms with Crippen LogP contribution in [0.25, 0.3) is 21.0 Å². The highest BCUT2D eigenvalue weighted by Crippen LogP contribution is 2.31. The molecule has 0 saturated carbocycles. The molecule has 0 radical (unpaired) electrons. The Bertz CT molecular complexity index is 1220. The first-order valence-corrected chi connectivity index (χ1v) is 8.93. The smallest absolute Gasteiger partial charge is 0.309 e. The maximum Gasteiger partial charge on any atom is 0.309 e. The standard InChI is InChI=1S/C18H12ClN3O3S/c1-10(23)25-17-16-12(4-3-7-20-16)18(24)22(21-17)9-11-8-13-14(19)5-2-6-15(13)26-11/h2-8H,9H2,1H3. The number of rotatable bonds is 3. The van der Waals surface area contributed by atoms with Crippen LogP contribution >= 0.6 is 22.9 Å². The summed E-state index contributed by atoms with van der Waals surface area (Å²) in [6.45, 7) is 1.52. The summed E-state index contributed by atoms with van der Waals surface area (Å²) < 4.78 is 7.46. The van der Waals surface area contributed by atoms with Crippen LogP contribution in [-0.2, 0) is 11.3 Å². The third-order valence-electron chi connectivity index (χ3n) is 3.79. The lowest BCUT2D eigenvalue weighted by Gasteiger charge is -2.08. The van der Waals surface area contributed by atoms with Crippen molar-refractivity contribution in [1.82, 2.24) is 14.8 Å². The zero-order valence-electron chi connectivity index (χ0n) is 13.6. The molecule has 0 aliphatic rings. The SMILES string of the molecule is CC(=O)Oc1nn(Cc2cc3c(Cl)cccc3s2)c(=O)c2cccnc12. The van der Waals surface area contributed by atoms with Crippen molar-refractivity contribution < 1.29 is 9.53 Å². The van der Waals surface area contributed by atoms with E-state index in [1.165, 1.54) is 29.1 Å². The Morgan fingerprint density at radius 2 is 2.12 bits per heavy atom. The minimum Gasteiger partial charge on any atom is -0.404 e. The zero-order valence-corrected chi connectivity index (χ0v) is 15.2. The summed E-state index contributed by atoms with van der Waals surface area (Å²) in [4.78, 5) is 29.2. The largest absolute Gasteiger partial charge is 0.404 e. The van der Waals surface area contributed by atoms with Crippen LogP contribution in [0, 0.1) is 0 Å². The zero-order chi connectivity index (χ0) is 18.3. The summed E-state index contributed by atoms with van der Waals surface area (Å²) in [5.74, 6) is -0.505. The van der Waals surface area contributed by atoms with Crippen molar-refractivity contribution in [2.24, 2.45) is 0 Å². The van der Waals surface area contributed by atoms with Gasteiger partial charge in [-0.3, -0.25) is 14.6 Å². The number of aromatic nitrogens is 3. The van der Waals surface area contributed by atoms with E-state index >= 15 is 0 Å². The van der Waals surface area contributed by atoms with E-state index in [1.54, 1.807) is 12.1 Å². The van der Waals surface area contributed by atoms with Crippen molar-refractivity contribution in [3.8, 4) is 5.88 Å². The highest BCUT2D eigenvalue weighted by atomic mass is 35.5. The Morgan fingerprint density at radius 3 is 2.88 bits per heavy atom. The average Bonchev–Trinajstić information content (AvgIpc) is 3.03. The van der Waals surface area contributed by atoms with E-state index in [-0.39, 0.29) is 23.5 Å². The van der Waals surface area contributed by atoms with Crippen molar-refractivity contribution in [2.45, 2.75) is 13.5 Å². The van der Waals surface area contributed by atoms with E-state index in [2.05, 4.69) is 10.1 Å². The minimum atomic E-state index is -0.525. The van der Waals surface area contributed by atoms with E-state index in [0.29, 0.717) is 10.4 Å². The third kappa shape index (κ3) is 2.95. The first-order valence-electron chi connectivity index (χ1n) is 7.74. The fourth-order valence-corrected chi connectivity index (χ4v) is 4.06.